The molecule has 4 aliphatic rings. The SMILES string of the molecule is Nc1nc2c(ncn2[C@@H]2OC34COC3C2OP(=O)(O)OC[C@H]2O[C@@H](n3cnc5c(N)ncnc53)C(O)C2OP(=O)(O)OC4)c(=O)[nH]1. The van der Waals surface area contributed by atoms with Gasteiger partial charge in [-0.25, -0.2) is 29.1 Å². The van der Waals surface area contributed by atoms with Gasteiger partial charge in [0.1, 0.15) is 48.0 Å². The summed E-state index contributed by atoms with van der Waals surface area (Å²) < 4.78 is 68.4. The number of hydrogen-bond acceptors (Lipinski definition) is 18. The van der Waals surface area contributed by atoms with E-state index < -0.39 is 83.0 Å². The van der Waals surface area contributed by atoms with Crippen molar-refractivity contribution in [3.63, 3.8) is 0 Å². The number of imidazole rings is 2. The minimum absolute atomic E-state index is 0.0487. The Labute approximate surface area is 254 Å². The third kappa shape index (κ3) is 4.67. The highest BCUT2D eigenvalue weighted by atomic mass is 31.2. The van der Waals surface area contributed by atoms with Crippen LogP contribution in [-0.4, -0.2) is 110 Å². The van der Waals surface area contributed by atoms with Crippen molar-refractivity contribution in [2.75, 3.05) is 31.3 Å². The molecule has 0 aliphatic carbocycles. The van der Waals surface area contributed by atoms with Crippen LogP contribution >= 0.6 is 15.6 Å². The Balaban J connectivity index is 1.14. The smallest absolute Gasteiger partial charge is 0.386 e. The summed E-state index contributed by atoms with van der Waals surface area (Å²) in [4.78, 5) is 56.5. The second-order valence-electron chi connectivity index (χ2n) is 10.9. The maximum atomic E-state index is 13.4. The first-order valence-corrected chi connectivity index (χ1v) is 16.4. The molecule has 25 heteroatoms. The number of anilines is 2. The fraction of sp³-hybridized carbons (Fsp3) is 0.524. The first-order valence-electron chi connectivity index (χ1n) is 13.4. The van der Waals surface area contributed by atoms with Crippen molar-refractivity contribution in [2.24, 2.45) is 0 Å². The van der Waals surface area contributed by atoms with Crippen molar-refractivity contribution in [2.45, 2.75) is 48.6 Å². The minimum Gasteiger partial charge on any atom is -0.386 e. The van der Waals surface area contributed by atoms with Crippen LogP contribution in [0.25, 0.3) is 22.3 Å². The van der Waals surface area contributed by atoms with E-state index >= 15 is 0 Å². The zero-order valence-electron chi connectivity index (χ0n) is 23.0. The number of aromatic nitrogens is 8. The van der Waals surface area contributed by atoms with Crippen molar-refractivity contribution in [3.8, 4) is 0 Å². The van der Waals surface area contributed by atoms with Crippen LogP contribution in [0.2, 0.25) is 0 Å². The summed E-state index contributed by atoms with van der Waals surface area (Å²) in [6.45, 7) is -1.63. The Hall–Kier alpha value is -3.44. The molecule has 4 aromatic heterocycles. The van der Waals surface area contributed by atoms with Crippen molar-refractivity contribution in [1.82, 2.24) is 39.0 Å². The molecule has 0 amide bonds. The van der Waals surface area contributed by atoms with Crippen molar-refractivity contribution < 1.29 is 56.3 Å². The lowest BCUT2D eigenvalue weighted by Crippen LogP contribution is -2.61. The normalized spacial score (nSPS) is 39.7. The lowest BCUT2D eigenvalue weighted by Gasteiger charge is -2.43. The van der Waals surface area contributed by atoms with Gasteiger partial charge >= 0.3 is 15.6 Å². The molecule has 8 N–H and O–H groups in total. The molecule has 46 heavy (non-hydrogen) atoms. The van der Waals surface area contributed by atoms with E-state index in [1.165, 1.54) is 21.8 Å². The van der Waals surface area contributed by atoms with Crippen molar-refractivity contribution in [1.29, 1.82) is 0 Å². The Morgan fingerprint density at radius 3 is 2.41 bits per heavy atom. The van der Waals surface area contributed by atoms with Gasteiger partial charge < -0.3 is 40.6 Å². The van der Waals surface area contributed by atoms with Crippen LogP contribution in [0.4, 0.5) is 11.8 Å². The summed E-state index contributed by atoms with van der Waals surface area (Å²) in [5, 5.41) is 11.2. The van der Waals surface area contributed by atoms with E-state index in [0.29, 0.717) is 0 Å². The molecular formula is C21H24N10O13P2. The Morgan fingerprint density at radius 1 is 0.935 bits per heavy atom. The summed E-state index contributed by atoms with van der Waals surface area (Å²) >= 11 is 0. The van der Waals surface area contributed by atoms with Crippen LogP contribution < -0.4 is 17.0 Å². The van der Waals surface area contributed by atoms with Gasteiger partial charge in [-0.2, -0.15) is 4.98 Å². The number of nitrogens with two attached hydrogens (primary N) is 2. The molecule has 4 saturated heterocycles. The van der Waals surface area contributed by atoms with Gasteiger partial charge in [0.05, 0.1) is 32.5 Å². The number of hydrogen-bond donors (Lipinski definition) is 6. The lowest BCUT2D eigenvalue weighted by atomic mass is 9.91. The molecule has 246 valence electrons. The standard InChI is InChI=1S/C21H24N10O13P2/c22-14-8-15(25-4-24-14)30(5-26-8)18-10(32)11-7(41-18)1-39-45(34,35)44-12-13-21(2-38-13,3-40-46(36,37)43-11)42-19(12)31-6-27-9-16(31)28-20(23)29-17(9)33/h4-7,10-13,18-19,32H,1-3H2,(H,34,35)(H,36,37)(H2,22,24,25)(H3,23,28,29,33)/t7-,10?,11?,12?,13?,18-,19-,21?/m1/s1. The van der Waals surface area contributed by atoms with E-state index in [1.807, 2.05) is 0 Å². The lowest BCUT2D eigenvalue weighted by molar-refractivity contribution is -0.244. The molecule has 7 unspecified atom stereocenters. The van der Waals surface area contributed by atoms with Crippen LogP contribution in [0, 0.1) is 0 Å². The quantitative estimate of drug-likeness (QED) is 0.125. The first-order chi connectivity index (χ1) is 21.8. The number of aliphatic hydroxyl groups excluding tert-OH is 1. The molecule has 0 aromatic carbocycles. The van der Waals surface area contributed by atoms with Crippen molar-refractivity contribution in [3.05, 3.63) is 29.3 Å². The van der Waals surface area contributed by atoms with Crippen LogP contribution in [0.15, 0.2) is 23.8 Å². The van der Waals surface area contributed by atoms with E-state index in [0.717, 1.165) is 6.33 Å². The monoisotopic (exact) mass is 686 g/mol. The summed E-state index contributed by atoms with van der Waals surface area (Å²) in [6, 6.07) is 0. The van der Waals surface area contributed by atoms with Gasteiger partial charge in [-0.05, 0) is 0 Å². The molecule has 4 aromatic rings. The van der Waals surface area contributed by atoms with Gasteiger partial charge in [-0.1, -0.05) is 0 Å². The largest absolute Gasteiger partial charge is 0.472 e. The highest BCUT2D eigenvalue weighted by Crippen LogP contribution is 2.58. The van der Waals surface area contributed by atoms with Gasteiger partial charge in [0, 0.05) is 0 Å². The van der Waals surface area contributed by atoms with E-state index in [9.17, 15) is 28.8 Å². The number of nitrogen functional groups attached to an aromatic ring is 2. The summed E-state index contributed by atoms with van der Waals surface area (Å²) in [5.41, 5.74) is 9.58. The molecule has 23 nitrogen and oxygen atoms in total. The maximum Gasteiger partial charge on any atom is 0.472 e. The maximum absolute atomic E-state index is 13.4. The zero-order chi connectivity index (χ0) is 32.2. The second kappa shape index (κ2) is 10.3. The summed E-state index contributed by atoms with van der Waals surface area (Å²) in [5.74, 6) is -0.192. The number of H-pyrrole nitrogens is 1. The van der Waals surface area contributed by atoms with Gasteiger partial charge in [-0.15, -0.1) is 0 Å². The first kappa shape index (κ1) is 29.9. The van der Waals surface area contributed by atoms with Gasteiger partial charge in [-0.3, -0.25) is 37.0 Å². The highest BCUT2D eigenvalue weighted by Gasteiger charge is 2.66. The van der Waals surface area contributed by atoms with E-state index in [-0.39, 0.29) is 40.7 Å². The number of fused-ring (bicyclic) bond motifs is 3. The number of phosphoric acid groups is 2. The molecule has 0 radical (unpaired) electrons. The zero-order valence-corrected chi connectivity index (χ0v) is 24.8. The average Bonchev–Trinajstić information content (AvgIpc) is 3.71. The highest BCUT2D eigenvalue weighted by molar-refractivity contribution is 7.47. The van der Waals surface area contributed by atoms with Crippen LogP contribution in [0.1, 0.15) is 12.5 Å². The number of nitrogens with one attached hydrogen (secondary N) is 1. The minimum atomic E-state index is -5.03. The third-order valence-corrected chi connectivity index (χ3v) is 9.99. The number of ether oxygens (including phenoxy) is 3. The molecule has 0 saturated carbocycles. The predicted octanol–water partition coefficient (Wildman–Crippen LogP) is -1.93. The van der Waals surface area contributed by atoms with Gasteiger partial charge in [0.2, 0.25) is 5.95 Å². The fourth-order valence-electron chi connectivity index (χ4n) is 5.92. The number of rotatable bonds is 2. The summed E-state index contributed by atoms with van der Waals surface area (Å²) in [6.07, 6.45) is -6.42. The van der Waals surface area contributed by atoms with E-state index in [4.69, 9.17) is 43.8 Å². The summed E-state index contributed by atoms with van der Waals surface area (Å²) in [7, 11) is -10.0. The molecule has 8 rings (SSSR count). The van der Waals surface area contributed by atoms with E-state index in [2.05, 4.69) is 29.9 Å². The topological polar surface area (TPSA) is 319 Å². The number of aliphatic hydroxyl groups is 1. The van der Waals surface area contributed by atoms with Crippen LogP contribution in [0.5, 0.6) is 0 Å². The molecule has 8 heterocycles. The Bertz CT molecular complexity index is 2020. The number of phosphoric ester groups is 2. The second-order valence-corrected chi connectivity index (χ2v) is 13.7. The molecule has 2 bridgehead atoms. The number of aromatic amines is 1. The van der Waals surface area contributed by atoms with Crippen molar-refractivity contribution >= 4 is 49.7 Å². The van der Waals surface area contributed by atoms with Gasteiger partial charge in [0.15, 0.2) is 35.1 Å². The number of nitrogens with zero attached hydrogens (tertiary/aromatic N) is 7. The van der Waals surface area contributed by atoms with Gasteiger partial charge in [0.25, 0.3) is 5.56 Å². The molecule has 0 spiro atoms. The molecule has 4 fully saturated rings. The molecule has 4 aliphatic heterocycles. The van der Waals surface area contributed by atoms with Crippen LogP contribution in [-0.2, 0) is 41.4 Å². The Kier molecular flexibility index (Phi) is 6.69. The third-order valence-electron chi connectivity index (χ3n) is 8.04. The van der Waals surface area contributed by atoms with Crippen LogP contribution in [0.3, 0.4) is 0 Å². The van der Waals surface area contributed by atoms with E-state index in [1.54, 1.807) is 0 Å². The predicted molar refractivity (Wildman–Crippen MR) is 146 cm³/mol. The molecule has 10 atom stereocenters. The molecular weight excluding hydrogens is 662 g/mol. The average molecular weight is 686 g/mol. The Morgan fingerprint density at radius 2 is 1.65 bits per heavy atom. The fourth-order valence-corrected chi connectivity index (χ4v) is 7.85.